The molecule has 0 heterocycles. The summed E-state index contributed by atoms with van der Waals surface area (Å²) in [5.74, 6) is 0. The van der Waals surface area contributed by atoms with Gasteiger partial charge in [-0.1, -0.05) is 31.5 Å². The second-order valence-corrected chi connectivity index (χ2v) is 8.22. The predicted octanol–water partition coefficient (Wildman–Crippen LogP) is 3.98. The van der Waals surface area contributed by atoms with Crippen molar-refractivity contribution in [1.29, 1.82) is 0 Å². The highest BCUT2D eigenvalue weighted by molar-refractivity contribution is 7.86. The fourth-order valence-electron chi connectivity index (χ4n) is 2.78. The van der Waals surface area contributed by atoms with Crippen molar-refractivity contribution >= 4 is 10.1 Å². The highest BCUT2D eigenvalue weighted by Gasteiger charge is 2.31. The summed E-state index contributed by atoms with van der Waals surface area (Å²) in [6, 6.07) is 5.33. The molecule has 0 atom stereocenters. The van der Waals surface area contributed by atoms with Gasteiger partial charge in [-0.05, 0) is 56.6 Å². The first-order valence-electron chi connectivity index (χ1n) is 7.20. The zero-order valence-electron chi connectivity index (χ0n) is 12.8. The van der Waals surface area contributed by atoms with E-state index in [1.807, 2.05) is 26.0 Å². The number of hydrogen-bond acceptors (Lipinski definition) is 3. The second-order valence-electron chi connectivity index (χ2n) is 6.68. The Labute approximate surface area is 122 Å². The van der Waals surface area contributed by atoms with Gasteiger partial charge in [-0.25, -0.2) is 0 Å². The molecule has 1 aliphatic carbocycles. The molecule has 3 nitrogen and oxygen atoms in total. The summed E-state index contributed by atoms with van der Waals surface area (Å²) in [6.45, 7) is 8.21. The largest absolute Gasteiger partial charge is 0.297 e. The molecule has 0 N–H and O–H groups in total. The van der Waals surface area contributed by atoms with Crippen LogP contribution < -0.4 is 0 Å². The maximum Gasteiger partial charge on any atom is 0.297 e. The molecule has 1 aliphatic rings. The molecule has 0 amide bonds. The van der Waals surface area contributed by atoms with Crippen molar-refractivity contribution in [2.75, 3.05) is 0 Å². The number of aryl methyl sites for hydroxylation is 2. The van der Waals surface area contributed by atoms with Crippen LogP contribution in [0.25, 0.3) is 0 Å². The SMILES string of the molecule is Cc1ccc(S(=O)(=O)OC2CCC(C)(C)CC2)c(C)c1. The number of rotatable bonds is 3. The summed E-state index contributed by atoms with van der Waals surface area (Å²) >= 11 is 0. The summed E-state index contributed by atoms with van der Waals surface area (Å²) < 4.78 is 30.2. The first-order valence-corrected chi connectivity index (χ1v) is 8.61. The van der Waals surface area contributed by atoms with Crippen LogP contribution in [0.3, 0.4) is 0 Å². The van der Waals surface area contributed by atoms with E-state index >= 15 is 0 Å². The van der Waals surface area contributed by atoms with Crippen LogP contribution in [-0.2, 0) is 14.3 Å². The van der Waals surface area contributed by atoms with E-state index in [9.17, 15) is 8.42 Å². The van der Waals surface area contributed by atoms with E-state index in [2.05, 4.69) is 13.8 Å². The summed E-state index contributed by atoms with van der Waals surface area (Å²) in [7, 11) is -3.64. The van der Waals surface area contributed by atoms with Gasteiger partial charge in [-0.3, -0.25) is 4.18 Å². The summed E-state index contributed by atoms with van der Waals surface area (Å²) in [5.41, 5.74) is 2.12. The molecular weight excluding hydrogens is 272 g/mol. The molecule has 1 saturated carbocycles. The Morgan fingerprint density at radius 2 is 1.75 bits per heavy atom. The smallest absolute Gasteiger partial charge is 0.263 e. The molecule has 0 spiro atoms. The van der Waals surface area contributed by atoms with E-state index in [-0.39, 0.29) is 6.10 Å². The van der Waals surface area contributed by atoms with Gasteiger partial charge >= 0.3 is 0 Å². The monoisotopic (exact) mass is 296 g/mol. The Morgan fingerprint density at radius 3 is 2.30 bits per heavy atom. The fourth-order valence-corrected chi connectivity index (χ4v) is 4.12. The third-order valence-corrected chi connectivity index (χ3v) is 5.67. The van der Waals surface area contributed by atoms with Gasteiger partial charge < -0.3 is 0 Å². The molecule has 0 bridgehead atoms. The van der Waals surface area contributed by atoms with E-state index in [0.29, 0.717) is 10.3 Å². The molecular formula is C16H24O3S. The van der Waals surface area contributed by atoms with Gasteiger partial charge in [0.15, 0.2) is 0 Å². The first-order chi connectivity index (χ1) is 9.20. The zero-order valence-corrected chi connectivity index (χ0v) is 13.6. The van der Waals surface area contributed by atoms with Crippen LogP contribution >= 0.6 is 0 Å². The minimum atomic E-state index is -3.64. The van der Waals surface area contributed by atoms with E-state index < -0.39 is 10.1 Å². The molecule has 20 heavy (non-hydrogen) atoms. The number of hydrogen-bond donors (Lipinski definition) is 0. The maximum absolute atomic E-state index is 12.4. The Bertz CT molecular complexity index is 578. The quantitative estimate of drug-likeness (QED) is 0.792. The molecule has 0 unspecified atom stereocenters. The van der Waals surface area contributed by atoms with Crippen LogP contribution in [0.15, 0.2) is 23.1 Å². The van der Waals surface area contributed by atoms with Crippen molar-refractivity contribution in [2.24, 2.45) is 5.41 Å². The lowest BCUT2D eigenvalue weighted by molar-refractivity contribution is 0.104. The molecule has 4 heteroatoms. The van der Waals surface area contributed by atoms with Crippen molar-refractivity contribution in [3.63, 3.8) is 0 Å². The Kier molecular flexibility index (Phi) is 4.26. The average molecular weight is 296 g/mol. The molecule has 0 aliphatic heterocycles. The molecule has 0 aromatic heterocycles. The molecule has 0 saturated heterocycles. The third kappa shape index (κ3) is 3.61. The van der Waals surface area contributed by atoms with Gasteiger partial charge in [0.25, 0.3) is 10.1 Å². The van der Waals surface area contributed by atoms with Crippen molar-refractivity contribution in [1.82, 2.24) is 0 Å². The molecule has 2 rings (SSSR count). The van der Waals surface area contributed by atoms with Gasteiger partial charge in [-0.2, -0.15) is 8.42 Å². The zero-order chi connectivity index (χ0) is 15.0. The topological polar surface area (TPSA) is 43.4 Å². The van der Waals surface area contributed by atoms with Crippen LogP contribution in [0.4, 0.5) is 0 Å². The average Bonchev–Trinajstić information content (AvgIpc) is 2.31. The van der Waals surface area contributed by atoms with Gasteiger partial charge in [0, 0.05) is 0 Å². The van der Waals surface area contributed by atoms with Crippen LogP contribution in [0.1, 0.15) is 50.7 Å². The van der Waals surface area contributed by atoms with Crippen molar-refractivity contribution in [2.45, 2.75) is 64.4 Å². The van der Waals surface area contributed by atoms with E-state index in [1.54, 1.807) is 6.07 Å². The van der Waals surface area contributed by atoms with Crippen LogP contribution in [0.2, 0.25) is 0 Å². The standard InChI is InChI=1S/C16H24O3S/c1-12-5-6-15(13(2)11-12)20(17,18)19-14-7-9-16(3,4)10-8-14/h5-6,11,14H,7-10H2,1-4H3. The highest BCUT2D eigenvalue weighted by atomic mass is 32.2. The molecule has 1 aromatic carbocycles. The second kappa shape index (κ2) is 5.49. The van der Waals surface area contributed by atoms with E-state index in [1.165, 1.54) is 0 Å². The van der Waals surface area contributed by atoms with Crippen LogP contribution in [0, 0.1) is 19.3 Å². The van der Waals surface area contributed by atoms with Crippen LogP contribution in [-0.4, -0.2) is 14.5 Å². The lowest BCUT2D eigenvalue weighted by Crippen LogP contribution is -2.28. The normalized spacial score (nSPS) is 20.0. The fraction of sp³-hybridized carbons (Fsp3) is 0.625. The molecule has 112 valence electrons. The molecule has 1 fully saturated rings. The van der Waals surface area contributed by atoms with Gasteiger partial charge in [0.2, 0.25) is 0 Å². The number of benzene rings is 1. The first kappa shape index (κ1) is 15.5. The summed E-state index contributed by atoms with van der Waals surface area (Å²) in [5, 5.41) is 0. The Morgan fingerprint density at radius 1 is 1.15 bits per heavy atom. The third-order valence-electron chi connectivity index (χ3n) is 4.15. The maximum atomic E-state index is 12.4. The lowest BCUT2D eigenvalue weighted by Gasteiger charge is -2.33. The minimum absolute atomic E-state index is 0.172. The molecule has 0 radical (unpaired) electrons. The lowest BCUT2D eigenvalue weighted by atomic mass is 9.76. The van der Waals surface area contributed by atoms with Gasteiger partial charge in [0.1, 0.15) is 0 Å². The van der Waals surface area contributed by atoms with E-state index in [4.69, 9.17) is 4.18 Å². The summed E-state index contributed by atoms with van der Waals surface area (Å²) in [4.78, 5) is 0.299. The summed E-state index contributed by atoms with van der Waals surface area (Å²) in [6.07, 6.45) is 3.49. The van der Waals surface area contributed by atoms with Gasteiger partial charge in [0.05, 0.1) is 11.0 Å². The predicted molar refractivity (Wildman–Crippen MR) is 80.2 cm³/mol. The Hall–Kier alpha value is -0.870. The minimum Gasteiger partial charge on any atom is -0.263 e. The molecule has 1 aromatic rings. The van der Waals surface area contributed by atoms with Crippen molar-refractivity contribution in [3.8, 4) is 0 Å². The van der Waals surface area contributed by atoms with E-state index in [0.717, 1.165) is 36.8 Å². The van der Waals surface area contributed by atoms with Crippen LogP contribution in [0.5, 0.6) is 0 Å². The Balaban J connectivity index is 2.12. The van der Waals surface area contributed by atoms with Crippen molar-refractivity contribution < 1.29 is 12.6 Å². The van der Waals surface area contributed by atoms with Crippen molar-refractivity contribution in [3.05, 3.63) is 29.3 Å². The highest BCUT2D eigenvalue weighted by Crippen LogP contribution is 2.37. The van der Waals surface area contributed by atoms with Gasteiger partial charge in [-0.15, -0.1) is 0 Å².